The van der Waals surface area contributed by atoms with Gasteiger partial charge in [-0.1, -0.05) is 24.3 Å². The molecule has 0 aliphatic heterocycles. The summed E-state index contributed by atoms with van der Waals surface area (Å²) in [7, 11) is -0.888. The lowest BCUT2D eigenvalue weighted by molar-refractivity contribution is 0.0600. The summed E-state index contributed by atoms with van der Waals surface area (Å²) in [4.78, 5) is 16.0. The predicted octanol–water partition coefficient (Wildman–Crippen LogP) is 3.15. The quantitative estimate of drug-likeness (QED) is 0.632. The summed E-state index contributed by atoms with van der Waals surface area (Å²) in [6, 6.07) is 13.7. The van der Waals surface area contributed by atoms with E-state index in [1.165, 1.54) is 18.5 Å². The summed E-state index contributed by atoms with van der Waals surface area (Å²) in [5, 5.41) is 0.784. The van der Waals surface area contributed by atoms with E-state index in [2.05, 4.69) is 9.72 Å². The smallest absolute Gasteiger partial charge is 0.337 e. The van der Waals surface area contributed by atoms with Crippen LogP contribution in [0.5, 0.6) is 0 Å². The molecule has 0 unspecified atom stereocenters. The van der Waals surface area contributed by atoms with Crippen molar-refractivity contribution in [3.8, 4) is 0 Å². The topological polar surface area (TPSA) is 76.6 Å². The molecule has 27 heavy (non-hydrogen) atoms. The number of methoxy groups -OCH3 is 1. The Balaban J connectivity index is 1.90. The SMILES string of the molecule is COC(=O)c1ccc(CN(C)S(=O)(=O)c2cccc3cc(C)cnc23)cc1. The molecule has 140 valence electrons. The van der Waals surface area contributed by atoms with Crippen molar-refractivity contribution in [2.75, 3.05) is 14.2 Å². The summed E-state index contributed by atoms with van der Waals surface area (Å²) in [5.74, 6) is -0.431. The number of hydrogen-bond donors (Lipinski definition) is 0. The molecule has 3 aromatic rings. The van der Waals surface area contributed by atoms with Crippen LogP contribution in [0.4, 0.5) is 0 Å². The van der Waals surface area contributed by atoms with Gasteiger partial charge in [0.25, 0.3) is 0 Å². The summed E-state index contributed by atoms with van der Waals surface area (Å²) in [6.45, 7) is 2.09. The molecular weight excluding hydrogens is 364 g/mol. The number of carbonyl (C=O) groups excluding carboxylic acids is 1. The number of nitrogens with zero attached hydrogens (tertiary/aromatic N) is 2. The van der Waals surface area contributed by atoms with Gasteiger partial charge in [-0.2, -0.15) is 4.31 Å². The number of para-hydroxylation sites is 1. The Hall–Kier alpha value is -2.77. The summed E-state index contributed by atoms with van der Waals surface area (Å²) in [6.07, 6.45) is 1.66. The molecule has 0 saturated heterocycles. The van der Waals surface area contributed by atoms with Gasteiger partial charge < -0.3 is 4.74 Å². The Morgan fingerprint density at radius 2 is 1.85 bits per heavy atom. The van der Waals surface area contributed by atoms with Crippen LogP contribution in [0.3, 0.4) is 0 Å². The number of rotatable bonds is 5. The number of pyridine rings is 1. The van der Waals surface area contributed by atoms with Crippen molar-refractivity contribution in [2.45, 2.75) is 18.4 Å². The first kappa shape index (κ1) is 19.0. The van der Waals surface area contributed by atoms with E-state index in [0.717, 1.165) is 16.5 Å². The maximum atomic E-state index is 13.1. The molecule has 0 spiro atoms. The van der Waals surface area contributed by atoms with Gasteiger partial charge in [-0.15, -0.1) is 0 Å². The second-order valence-corrected chi connectivity index (χ2v) is 8.30. The molecule has 0 bridgehead atoms. The van der Waals surface area contributed by atoms with Gasteiger partial charge in [0, 0.05) is 25.2 Å². The first-order valence-corrected chi connectivity index (χ1v) is 9.76. The number of carbonyl (C=O) groups is 1. The first-order chi connectivity index (χ1) is 12.8. The number of aryl methyl sites for hydroxylation is 1. The number of benzene rings is 2. The van der Waals surface area contributed by atoms with Crippen molar-refractivity contribution >= 4 is 26.9 Å². The third-order valence-electron chi connectivity index (χ3n) is 4.28. The minimum absolute atomic E-state index is 0.173. The van der Waals surface area contributed by atoms with Crippen molar-refractivity contribution in [2.24, 2.45) is 0 Å². The first-order valence-electron chi connectivity index (χ1n) is 8.32. The van der Waals surface area contributed by atoms with E-state index in [4.69, 9.17) is 0 Å². The molecule has 0 radical (unpaired) electrons. The van der Waals surface area contributed by atoms with Crippen LogP contribution in [0.2, 0.25) is 0 Å². The van der Waals surface area contributed by atoms with Crippen molar-refractivity contribution in [3.05, 3.63) is 71.4 Å². The van der Waals surface area contributed by atoms with E-state index in [0.29, 0.717) is 11.1 Å². The average Bonchev–Trinajstić information content (AvgIpc) is 2.67. The zero-order chi connectivity index (χ0) is 19.6. The number of ether oxygens (including phenoxy) is 1. The Bertz CT molecular complexity index is 1090. The van der Waals surface area contributed by atoms with Crippen LogP contribution in [-0.2, 0) is 21.3 Å². The Labute approximate surface area is 158 Å². The zero-order valence-corrected chi connectivity index (χ0v) is 16.2. The van der Waals surface area contributed by atoms with Crippen molar-refractivity contribution in [1.82, 2.24) is 9.29 Å². The van der Waals surface area contributed by atoms with Gasteiger partial charge in [-0.05, 0) is 42.3 Å². The number of esters is 1. The predicted molar refractivity (Wildman–Crippen MR) is 103 cm³/mol. The van der Waals surface area contributed by atoms with Crippen molar-refractivity contribution in [1.29, 1.82) is 0 Å². The summed E-state index contributed by atoms with van der Waals surface area (Å²) >= 11 is 0. The molecule has 0 fully saturated rings. The minimum atomic E-state index is -3.73. The van der Waals surface area contributed by atoms with Crippen molar-refractivity contribution < 1.29 is 17.9 Å². The Morgan fingerprint density at radius 1 is 1.15 bits per heavy atom. The van der Waals surface area contributed by atoms with Gasteiger partial charge in [0.15, 0.2) is 0 Å². The van der Waals surface area contributed by atoms with Crippen LogP contribution in [0, 0.1) is 6.92 Å². The molecule has 1 heterocycles. The number of hydrogen-bond acceptors (Lipinski definition) is 5. The lowest BCUT2D eigenvalue weighted by Crippen LogP contribution is -2.26. The van der Waals surface area contributed by atoms with Crippen LogP contribution in [-0.4, -0.2) is 37.8 Å². The monoisotopic (exact) mass is 384 g/mol. The van der Waals surface area contributed by atoms with E-state index in [9.17, 15) is 13.2 Å². The lowest BCUT2D eigenvalue weighted by atomic mass is 10.1. The zero-order valence-electron chi connectivity index (χ0n) is 15.3. The molecule has 0 amide bonds. The van der Waals surface area contributed by atoms with Gasteiger partial charge in [-0.3, -0.25) is 4.98 Å². The molecule has 0 saturated carbocycles. The molecule has 6 nitrogen and oxygen atoms in total. The van der Waals surface area contributed by atoms with E-state index in [1.807, 2.05) is 19.1 Å². The second kappa shape index (κ2) is 7.46. The molecule has 1 aromatic heterocycles. The molecule has 0 aliphatic carbocycles. The van der Waals surface area contributed by atoms with E-state index in [1.54, 1.807) is 42.6 Å². The van der Waals surface area contributed by atoms with Crippen LogP contribution in [0.15, 0.2) is 59.6 Å². The molecular formula is C20H20N2O4S. The minimum Gasteiger partial charge on any atom is -0.465 e. The highest BCUT2D eigenvalue weighted by Gasteiger charge is 2.24. The number of fused-ring (bicyclic) bond motifs is 1. The molecule has 3 rings (SSSR count). The Kier molecular flexibility index (Phi) is 5.25. The standard InChI is InChI=1S/C20H20N2O4S/c1-14-11-17-5-4-6-18(19(17)21-12-14)27(24,25)22(2)13-15-7-9-16(10-8-15)20(23)26-3/h4-12H,13H2,1-3H3. The van der Waals surface area contributed by atoms with Gasteiger partial charge in [0.1, 0.15) is 4.90 Å². The highest BCUT2D eigenvalue weighted by Crippen LogP contribution is 2.25. The average molecular weight is 384 g/mol. The van der Waals surface area contributed by atoms with E-state index in [-0.39, 0.29) is 11.4 Å². The van der Waals surface area contributed by atoms with Crippen LogP contribution in [0.1, 0.15) is 21.5 Å². The third kappa shape index (κ3) is 3.84. The highest BCUT2D eigenvalue weighted by atomic mass is 32.2. The fraction of sp³-hybridized carbons (Fsp3) is 0.200. The molecule has 0 N–H and O–H groups in total. The fourth-order valence-corrected chi connectivity index (χ4v) is 4.15. The van der Waals surface area contributed by atoms with E-state index < -0.39 is 16.0 Å². The second-order valence-electron chi connectivity index (χ2n) is 6.29. The van der Waals surface area contributed by atoms with Gasteiger partial charge in [0.2, 0.25) is 10.0 Å². The molecule has 7 heteroatoms. The third-order valence-corrected chi connectivity index (χ3v) is 6.11. The number of aromatic nitrogens is 1. The van der Waals surface area contributed by atoms with Crippen LogP contribution in [0.25, 0.3) is 10.9 Å². The number of sulfonamides is 1. The van der Waals surface area contributed by atoms with Crippen LogP contribution >= 0.6 is 0 Å². The summed E-state index contributed by atoms with van der Waals surface area (Å²) < 4.78 is 32.1. The molecule has 0 atom stereocenters. The maximum absolute atomic E-state index is 13.1. The molecule has 2 aromatic carbocycles. The normalized spacial score (nSPS) is 11.7. The van der Waals surface area contributed by atoms with Gasteiger partial charge in [0.05, 0.1) is 18.2 Å². The Morgan fingerprint density at radius 3 is 2.52 bits per heavy atom. The maximum Gasteiger partial charge on any atom is 0.337 e. The van der Waals surface area contributed by atoms with Crippen LogP contribution < -0.4 is 0 Å². The lowest BCUT2D eigenvalue weighted by Gasteiger charge is -2.18. The largest absolute Gasteiger partial charge is 0.465 e. The van der Waals surface area contributed by atoms with Gasteiger partial charge >= 0.3 is 5.97 Å². The van der Waals surface area contributed by atoms with Gasteiger partial charge in [-0.25, -0.2) is 13.2 Å². The highest BCUT2D eigenvalue weighted by molar-refractivity contribution is 7.89. The summed E-state index contributed by atoms with van der Waals surface area (Å²) in [5.41, 5.74) is 2.60. The van der Waals surface area contributed by atoms with Crippen molar-refractivity contribution in [3.63, 3.8) is 0 Å². The van der Waals surface area contributed by atoms with E-state index >= 15 is 0 Å². The molecule has 0 aliphatic rings. The fourth-order valence-electron chi connectivity index (χ4n) is 2.83.